The van der Waals surface area contributed by atoms with Gasteiger partial charge in [0, 0.05) is 10.9 Å². The molecule has 7 heteroatoms. The van der Waals surface area contributed by atoms with Crippen molar-refractivity contribution in [1.82, 2.24) is 15.5 Å². The van der Waals surface area contributed by atoms with Gasteiger partial charge in [-0.05, 0) is 43.8 Å². The predicted molar refractivity (Wildman–Crippen MR) is 94.0 cm³/mol. The van der Waals surface area contributed by atoms with Crippen LogP contribution in [-0.2, 0) is 0 Å². The molecule has 0 saturated heterocycles. The summed E-state index contributed by atoms with van der Waals surface area (Å²) in [6, 6.07) is 6.53. The van der Waals surface area contributed by atoms with Gasteiger partial charge in [0.1, 0.15) is 0 Å². The van der Waals surface area contributed by atoms with E-state index >= 15 is 0 Å². The first-order valence-corrected chi connectivity index (χ1v) is 9.95. The summed E-state index contributed by atoms with van der Waals surface area (Å²) in [4.78, 5) is 1.02. The van der Waals surface area contributed by atoms with E-state index < -0.39 is 0 Å². The summed E-state index contributed by atoms with van der Waals surface area (Å²) < 4.78 is 1.90. The van der Waals surface area contributed by atoms with E-state index in [4.69, 9.17) is 11.6 Å². The molecule has 2 rings (SSSR count). The summed E-state index contributed by atoms with van der Waals surface area (Å²) in [6.45, 7) is 5.33. The fourth-order valence-corrected chi connectivity index (χ4v) is 4.47. The van der Waals surface area contributed by atoms with Crippen LogP contribution in [0, 0.1) is 0 Å². The Hall–Kier alpha value is -0.270. The second kappa shape index (κ2) is 8.39. The van der Waals surface area contributed by atoms with Crippen LogP contribution < -0.4 is 5.32 Å². The molecule has 1 aromatic carbocycles. The van der Waals surface area contributed by atoms with Gasteiger partial charge in [0.2, 0.25) is 0 Å². The molecule has 0 aliphatic carbocycles. The van der Waals surface area contributed by atoms with Crippen molar-refractivity contribution in [1.29, 1.82) is 0 Å². The lowest BCUT2D eigenvalue weighted by Gasteiger charge is -2.14. The highest BCUT2D eigenvalue weighted by molar-refractivity contribution is 8.03. The number of halogens is 1. The minimum absolute atomic E-state index is 0.311. The molecule has 0 aliphatic heterocycles. The van der Waals surface area contributed by atoms with Gasteiger partial charge < -0.3 is 5.32 Å². The molecule has 1 N–H and O–H groups in total. The zero-order valence-corrected chi connectivity index (χ0v) is 15.4. The van der Waals surface area contributed by atoms with Crippen molar-refractivity contribution in [3.63, 3.8) is 0 Å². The number of thioether (sulfide) groups is 1. The summed E-state index contributed by atoms with van der Waals surface area (Å²) in [5.41, 5.74) is 1.21. The average Bonchev–Trinajstić information content (AvgIpc) is 2.94. The number of benzene rings is 1. The Kier molecular flexibility index (Phi) is 6.82. The molecule has 0 saturated carbocycles. The molecule has 21 heavy (non-hydrogen) atoms. The highest BCUT2D eigenvalue weighted by Crippen LogP contribution is 2.37. The van der Waals surface area contributed by atoms with Gasteiger partial charge in [0.05, 0.1) is 5.02 Å². The monoisotopic (exact) mass is 359 g/mol. The largest absolute Gasteiger partial charge is 0.310 e. The Labute approximate surface area is 143 Å². The van der Waals surface area contributed by atoms with E-state index in [2.05, 4.69) is 41.5 Å². The van der Waals surface area contributed by atoms with Gasteiger partial charge in [-0.1, -0.05) is 59.5 Å². The van der Waals surface area contributed by atoms with E-state index in [1.54, 1.807) is 34.9 Å². The molecular formula is C14H18ClN3S3. The molecule has 2 aromatic rings. The predicted octanol–water partition coefficient (Wildman–Crippen LogP) is 5.13. The lowest BCUT2D eigenvalue weighted by atomic mass is 10.1. The first-order chi connectivity index (χ1) is 10.1. The van der Waals surface area contributed by atoms with Crippen LogP contribution in [0.25, 0.3) is 0 Å². The molecule has 0 fully saturated rings. The van der Waals surface area contributed by atoms with Gasteiger partial charge in [-0.25, -0.2) is 0 Å². The highest BCUT2D eigenvalue weighted by Gasteiger charge is 2.11. The lowest BCUT2D eigenvalue weighted by molar-refractivity contribution is 0.570. The summed E-state index contributed by atoms with van der Waals surface area (Å²) in [7, 11) is 0. The van der Waals surface area contributed by atoms with E-state index in [0.29, 0.717) is 6.04 Å². The van der Waals surface area contributed by atoms with Gasteiger partial charge in [-0.15, -0.1) is 10.2 Å². The van der Waals surface area contributed by atoms with Crippen molar-refractivity contribution < 1.29 is 0 Å². The minimum Gasteiger partial charge on any atom is -0.310 e. The van der Waals surface area contributed by atoms with E-state index in [1.807, 2.05) is 12.3 Å². The fraction of sp³-hybridized carbons (Fsp3) is 0.429. The van der Waals surface area contributed by atoms with Crippen LogP contribution in [-0.4, -0.2) is 23.0 Å². The Morgan fingerprint density at radius 1 is 1.33 bits per heavy atom. The molecule has 3 nitrogen and oxygen atoms in total. The number of rotatable bonds is 7. The van der Waals surface area contributed by atoms with E-state index in [-0.39, 0.29) is 0 Å². The molecule has 1 aromatic heterocycles. The fourth-order valence-electron chi connectivity index (χ4n) is 1.76. The van der Waals surface area contributed by atoms with E-state index in [1.165, 1.54) is 5.56 Å². The number of hydrogen-bond donors (Lipinski definition) is 1. The van der Waals surface area contributed by atoms with Crippen LogP contribution in [0.2, 0.25) is 5.02 Å². The van der Waals surface area contributed by atoms with Crippen LogP contribution >= 0.6 is 46.5 Å². The Balaban J connectivity index is 2.08. The van der Waals surface area contributed by atoms with Crippen molar-refractivity contribution in [2.45, 2.75) is 39.9 Å². The molecular weight excluding hydrogens is 342 g/mol. The third-order valence-corrected chi connectivity index (χ3v) is 6.37. The third kappa shape index (κ3) is 4.86. The molecule has 1 unspecified atom stereocenters. The maximum absolute atomic E-state index is 6.40. The third-order valence-electron chi connectivity index (χ3n) is 2.92. The maximum atomic E-state index is 6.40. The first kappa shape index (κ1) is 17.1. The molecule has 0 aliphatic rings. The summed E-state index contributed by atoms with van der Waals surface area (Å²) in [6.07, 6.45) is 3.13. The van der Waals surface area contributed by atoms with Crippen molar-refractivity contribution >= 4 is 46.5 Å². The molecule has 0 spiro atoms. The van der Waals surface area contributed by atoms with Gasteiger partial charge in [0.25, 0.3) is 0 Å². The highest BCUT2D eigenvalue weighted by atomic mass is 35.5. The van der Waals surface area contributed by atoms with Crippen LogP contribution in [0.1, 0.15) is 31.9 Å². The van der Waals surface area contributed by atoms with Crippen LogP contribution in [0.4, 0.5) is 0 Å². The summed E-state index contributed by atoms with van der Waals surface area (Å²) in [5.74, 6) is 0. The molecule has 0 radical (unpaired) electrons. The topological polar surface area (TPSA) is 37.8 Å². The summed E-state index contributed by atoms with van der Waals surface area (Å²) >= 11 is 11.2. The van der Waals surface area contributed by atoms with Crippen LogP contribution in [0.15, 0.2) is 31.8 Å². The zero-order valence-electron chi connectivity index (χ0n) is 12.2. The normalized spacial score (nSPS) is 12.6. The number of hydrogen-bond acceptors (Lipinski definition) is 6. The van der Waals surface area contributed by atoms with Crippen molar-refractivity contribution in [3.05, 3.63) is 28.8 Å². The number of aromatic nitrogens is 2. The number of nitrogens with zero attached hydrogens (tertiary/aromatic N) is 2. The van der Waals surface area contributed by atoms with Crippen LogP contribution in [0.3, 0.4) is 0 Å². The molecule has 0 bridgehead atoms. The molecule has 114 valence electrons. The summed E-state index contributed by atoms with van der Waals surface area (Å²) in [5, 5.41) is 12.5. The zero-order chi connectivity index (χ0) is 15.2. The first-order valence-electron chi connectivity index (χ1n) is 6.72. The van der Waals surface area contributed by atoms with Gasteiger partial charge in [0.15, 0.2) is 8.68 Å². The Morgan fingerprint density at radius 3 is 2.71 bits per heavy atom. The van der Waals surface area contributed by atoms with Crippen molar-refractivity contribution in [2.75, 3.05) is 12.8 Å². The minimum atomic E-state index is 0.311. The Bertz CT molecular complexity index is 589. The Morgan fingerprint density at radius 2 is 2.10 bits per heavy atom. The molecule has 1 heterocycles. The second-order valence-electron chi connectivity index (χ2n) is 4.51. The molecule has 0 amide bonds. The standard InChI is InChI=1S/C14H18ClN3S3/c1-4-7-16-9(2)10-5-6-12(11(15)8-10)20-14-18-17-13(19-3)21-14/h5-6,8-9,16H,4,7H2,1-3H3. The van der Waals surface area contributed by atoms with Gasteiger partial charge in [-0.2, -0.15) is 0 Å². The smallest absolute Gasteiger partial charge is 0.179 e. The van der Waals surface area contributed by atoms with Crippen molar-refractivity contribution in [2.24, 2.45) is 0 Å². The van der Waals surface area contributed by atoms with Gasteiger partial charge in [-0.3, -0.25) is 0 Å². The van der Waals surface area contributed by atoms with E-state index in [0.717, 1.165) is 31.6 Å². The number of nitrogens with one attached hydrogen (secondary N) is 1. The molecule has 1 atom stereocenters. The quantitative estimate of drug-likeness (QED) is 0.694. The van der Waals surface area contributed by atoms with Crippen molar-refractivity contribution in [3.8, 4) is 0 Å². The maximum Gasteiger partial charge on any atom is 0.179 e. The SMILES string of the molecule is CCCNC(C)c1ccc(Sc2nnc(SC)s2)c(Cl)c1. The van der Waals surface area contributed by atoms with Gasteiger partial charge >= 0.3 is 0 Å². The van der Waals surface area contributed by atoms with E-state index in [9.17, 15) is 0 Å². The van der Waals surface area contributed by atoms with Crippen LogP contribution in [0.5, 0.6) is 0 Å². The lowest BCUT2D eigenvalue weighted by Crippen LogP contribution is -2.19. The second-order valence-corrected chi connectivity index (χ2v) is 8.23. The average molecular weight is 360 g/mol.